The standard InChI is InChI=1S/C20H20N2O3/c1-24-11-5-10-22-19(13-21)18-12-16(8-9-17(18)20(22)23)25-14-15-6-3-2-4-7-15/h2-4,6-9,12,19H,5,10-11,14H2,1H3. The van der Waals surface area contributed by atoms with Crippen LogP contribution in [-0.4, -0.2) is 31.1 Å². The van der Waals surface area contributed by atoms with Crippen molar-refractivity contribution in [2.45, 2.75) is 19.1 Å². The van der Waals surface area contributed by atoms with Crippen LogP contribution in [0.15, 0.2) is 48.5 Å². The van der Waals surface area contributed by atoms with Gasteiger partial charge in [-0.2, -0.15) is 5.26 Å². The Labute approximate surface area is 147 Å². The zero-order chi connectivity index (χ0) is 17.6. The number of rotatable bonds is 7. The highest BCUT2D eigenvalue weighted by Gasteiger charge is 2.36. The highest BCUT2D eigenvalue weighted by Crippen LogP contribution is 2.35. The molecule has 0 fully saturated rings. The lowest BCUT2D eigenvalue weighted by atomic mass is 10.1. The molecule has 0 saturated heterocycles. The molecule has 1 amide bonds. The Morgan fingerprint density at radius 1 is 1.20 bits per heavy atom. The number of amides is 1. The number of ether oxygens (including phenoxy) is 2. The Balaban J connectivity index is 1.75. The van der Waals surface area contributed by atoms with Gasteiger partial charge in [-0.25, -0.2) is 0 Å². The molecule has 0 aliphatic carbocycles. The van der Waals surface area contributed by atoms with Gasteiger partial charge in [-0.05, 0) is 30.2 Å². The van der Waals surface area contributed by atoms with Crippen molar-refractivity contribution in [1.82, 2.24) is 4.90 Å². The first-order chi connectivity index (χ1) is 12.2. The van der Waals surface area contributed by atoms with Crippen molar-refractivity contribution in [2.75, 3.05) is 20.3 Å². The Morgan fingerprint density at radius 2 is 2.00 bits per heavy atom. The SMILES string of the molecule is COCCCN1C(=O)c2ccc(OCc3ccccc3)cc2C1C#N. The van der Waals surface area contributed by atoms with Crippen LogP contribution in [0.25, 0.3) is 0 Å². The van der Waals surface area contributed by atoms with Gasteiger partial charge in [-0.3, -0.25) is 4.79 Å². The number of hydrogen-bond donors (Lipinski definition) is 0. The van der Waals surface area contributed by atoms with Gasteiger partial charge >= 0.3 is 0 Å². The molecule has 5 heteroatoms. The summed E-state index contributed by atoms with van der Waals surface area (Å²) in [4.78, 5) is 14.1. The van der Waals surface area contributed by atoms with E-state index in [1.165, 1.54) is 0 Å². The molecule has 0 radical (unpaired) electrons. The molecule has 0 saturated carbocycles. The molecule has 5 nitrogen and oxygen atoms in total. The smallest absolute Gasteiger partial charge is 0.255 e. The molecule has 0 aromatic heterocycles. The molecule has 1 atom stereocenters. The van der Waals surface area contributed by atoms with Crippen LogP contribution in [0.5, 0.6) is 5.75 Å². The second-order valence-corrected chi connectivity index (χ2v) is 5.90. The fourth-order valence-electron chi connectivity index (χ4n) is 2.98. The van der Waals surface area contributed by atoms with E-state index in [-0.39, 0.29) is 5.91 Å². The Kier molecular flexibility index (Phi) is 5.32. The number of hydrogen-bond acceptors (Lipinski definition) is 4. The van der Waals surface area contributed by atoms with Crippen LogP contribution in [0.2, 0.25) is 0 Å². The number of carbonyl (C=O) groups excluding carboxylic acids is 1. The number of nitrogens with zero attached hydrogens (tertiary/aromatic N) is 2. The molecule has 0 spiro atoms. The van der Waals surface area contributed by atoms with Crippen molar-refractivity contribution in [3.63, 3.8) is 0 Å². The fraction of sp³-hybridized carbons (Fsp3) is 0.300. The number of methoxy groups -OCH3 is 1. The van der Waals surface area contributed by atoms with E-state index in [0.717, 1.165) is 11.1 Å². The first kappa shape index (κ1) is 17.0. The third-order valence-corrected chi connectivity index (χ3v) is 4.24. The largest absolute Gasteiger partial charge is 0.489 e. The van der Waals surface area contributed by atoms with Crippen LogP contribution < -0.4 is 4.74 Å². The number of nitriles is 1. The summed E-state index contributed by atoms with van der Waals surface area (Å²) >= 11 is 0. The molecule has 0 bridgehead atoms. The highest BCUT2D eigenvalue weighted by molar-refractivity contribution is 5.99. The highest BCUT2D eigenvalue weighted by atomic mass is 16.5. The molecule has 2 aromatic rings. The van der Waals surface area contributed by atoms with E-state index in [2.05, 4.69) is 6.07 Å². The van der Waals surface area contributed by atoms with E-state index in [1.54, 1.807) is 30.2 Å². The van der Waals surface area contributed by atoms with Crippen molar-refractivity contribution >= 4 is 5.91 Å². The lowest BCUT2D eigenvalue weighted by Crippen LogP contribution is -2.29. The van der Waals surface area contributed by atoms with Crippen LogP contribution in [0.1, 0.15) is 33.9 Å². The van der Waals surface area contributed by atoms with Gasteiger partial charge in [0.15, 0.2) is 0 Å². The van der Waals surface area contributed by atoms with Crippen molar-refractivity contribution in [1.29, 1.82) is 5.26 Å². The van der Waals surface area contributed by atoms with Gasteiger partial charge in [-0.15, -0.1) is 0 Å². The van der Waals surface area contributed by atoms with Gasteiger partial charge in [0, 0.05) is 31.4 Å². The Hall–Kier alpha value is -2.84. The van der Waals surface area contributed by atoms with Crippen molar-refractivity contribution in [2.24, 2.45) is 0 Å². The van der Waals surface area contributed by atoms with E-state index < -0.39 is 6.04 Å². The average molecular weight is 336 g/mol. The van der Waals surface area contributed by atoms with Crippen molar-refractivity contribution < 1.29 is 14.3 Å². The normalized spacial score (nSPS) is 15.8. The minimum Gasteiger partial charge on any atom is -0.489 e. The number of carbonyl (C=O) groups is 1. The van der Waals surface area contributed by atoms with Crippen molar-refractivity contribution in [3.8, 4) is 11.8 Å². The minimum atomic E-state index is -0.570. The van der Waals surface area contributed by atoms with Gasteiger partial charge < -0.3 is 14.4 Å². The maximum atomic E-state index is 12.5. The molecule has 0 N–H and O–H groups in total. The molecule has 128 valence electrons. The zero-order valence-electron chi connectivity index (χ0n) is 14.1. The second kappa shape index (κ2) is 7.82. The fourth-order valence-corrected chi connectivity index (χ4v) is 2.98. The first-order valence-corrected chi connectivity index (χ1v) is 8.25. The Morgan fingerprint density at radius 3 is 2.72 bits per heavy atom. The molecular formula is C20H20N2O3. The average Bonchev–Trinajstić information content (AvgIpc) is 2.92. The topological polar surface area (TPSA) is 62.6 Å². The quantitative estimate of drug-likeness (QED) is 0.728. The van der Waals surface area contributed by atoms with E-state index in [0.29, 0.717) is 37.5 Å². The molecule has 25 heavy (non-hydrogen) atoms. The molecule has 1 heterocycles. The maximum absolute atomic E-state index is 12.5. The number of benzene rings is 2. The van der Waals surface area contributed by atoms with Gasteiger partial charge in [0.05, 0.1) is 6.07 Å². The predicted molar refractivity (Wildman–Crippen MR) is 93.1 cm³/mol. The number of fused-ring (bicyclic) bond motifs is 1. The third-order valence-electron chi connectivity index (χ3n) is 4.24. The summed E-state index contributed by atoms with van der Waals surface area (Å²) in [5.41, 5.74) is 2.36. The summed E-state index contributed by atoms with van der Waals surface area (Å²) in [6.07, 6.45) is 0.700. The van der Waals surface area contributed by atoms with Crippen LogP contribution in [0.3, 0.4) is 0 Å². The summed E-state index contributed by atoms with van der Waals surface area (Å²) in [6.45, 7) is 1.51. The second-order valence-electron chi connectivity index (χ2n) is 5.90. The third kappa shape index (κ3) is 3.65. The van der Waals surface area contributed by atoms with E-state index >= 15 is 0 Å². The molecular weight excluding hydrogens is 316 g/mol. The van der Waals surface area contributed by atoms with Gasteiger partial charge in [-0.1, -0.05) is 30.3 Å². The van der Waals surface area contributed by atoms with Crippen LogP contribution in [-0.2, 0) is 11.3 Å². The van der Waals surface area contributed by atoms with Crippen molar-refractivity contribution in [3.05, 3.63) is 65.2 Å². The monoisotopic (exact) mass is 336 g/mol. The molecule has 2 aromatic carbocycles. The minimum absolute atomic E-state index is 0.104. The van der Waals surface area contributed by atoms with Crippen LogP contribution >= 0.6 is 0 Å². The molecule has 1 aliphatic rings. The first-order valence-electron chi connectivity index (χ1n) is 8.25. The predicted octanol–water partition coefficient (Wildman–Crippen LogP) is 3.32. The zero-order valence-corrected chi connectivity index (χ0v) is 14.1. The molecule has 3 rings (SSSR count). The van der Waals surface area contributed by atoms with Crippen LogP contribution in [0, 0.1) is 11.3 Å². The van der Waals surface area contributed by atoms with Crippen LogP contribution in [0.4, 0.5) is 0 Å². The maximum Gasteiger partial charge on any atom is 0.255 e. The van der Waals surface area contributed by atoms with E-state index in [9.17, 15) is 10.1 Å². The lowest BCUT2D eigenvalue weighted by Gasteiger charge is -2.19. The summed E-state index contributed by atoms with van der Waals surface area (Å²) in [6, 6.07) is 16.9. The van der Waals surface area contributed by atoms with E-state index in [1.807, 2.05) is 30.3 Å². The van der Waals surface area contributed by atoms with E-state index in [4.69, 9.17) is 9.47 Å². The van der Waals surface area contributed by atoms with Gasteiger partial charge in [0.1, 0.15) is 18.4 Å². The molecule has 1 unspecified atom stereocenters. The summed E-state index contributed by atoms with van der Waals surface area (Å²) in [5, 5.41) is 9.54. The summed E-state index contributed by atoms with van der Waals surface area (Å²) in [7, 11) is 1.62. The lowest BCUT2D eigenvalue weighted by molar-refractivity contribution is 0.0737. The Bertz CT molecular complexity index is 783. The summed E-state index contributed by atoms with van der Waals surface area (Å²) < 4.78 is 10.9. The molecule has 1 aliphatic heterocycles. The summed E-state index contributed by atoms with van der Waals surface area (Å²) in [5.74, 6) is 0.557. The van der Waals surface area contributed by atoms with Gasteiger partial charge in [0.2, 0.25) is 0 Å². The van der Waals surface area contributed by atoms with Gasteiger partial charge in [0.25, 0.3) is 5.91 Å².